The number of aromatic nitrogens is 2. The van der Waals surface area contributed by atoms with E-state index in [2.05, 4.69) is 27.6 Å². The summed E-state index contributed by atoms with van der Waals surface area (Å²) in [7, 11) is 0. The number of para-hydroxylation sites is 1. The Morgan fingerprint density at radius 3 is 2.79 bits per heavy atom. The molecule has 0 spiro atoms. The minimum atomic E-state index is 0.0163. The van der Waals surface area contributed by atoms with Crippen molar-refractivity contribution >= 4 is 11.6 Å². The lowest BCUT2D eigenvalue weighted by Crippen LogP contribution is -2.52. The highest BCUT2D eigenvalue weighted by atomic mass is 16.2. The van der Waals surface area contributed by atoms with Gasteiger partial charge in [0.25, 0.3) is 0 Å². The van der Waals surface area contributed by atoms with Crippen molar-refractivity contribution in [3.63, 3.8) is 0 Å². The van der Waals surface area contributed by atoms with E-state index in [9.17, 15) is 4.79 Å². The number of hydrogen-bond acceptors (Lipinski definition) is 4. The van der Waals surface area contributed by atoms with Crippen LogP contribution in [0.5, 0.6) is 0 Å². The highest BCUT2D eigenvalue weighted by Gasteiger charge is 2.22. The number of benzene rings is 1. The fraction of sp³-hybridized carbons (Fsp3) is 0.444. The monoisotopic (exact) mass is 327 g/mol. The predicted octanol–water partition coefficient (Wildman–Crippen LogP) is 1.72. The van der Waals surface area contributed by atoms with Gasteiger partial charge in [-0.05, 0) is 32.9 Å². The Morgan fingerprint density at radius 1 is 1.33 bits per heavy atom. The molecule has 3 rings (SSSR count). The number of hydrogen-bond donors (Lipinski definition) is 2. The first kappa shape index (κ1) is 16.7. The molecule has 24 heavy (non-hydrogen) atoms. The standard InChI is InChI=1S/C18H25N5O/c1-13-11-19-9-10-22(13)12-17(24)20-18-14(2)21-23(15(18)3)16-7-5-4-6-8-16/h4-8,13,19H,9-12H2,1-3H3,(H,20,24)/t13-/m0/s1. The van der Waals surface area contributed by atoms with E-state index < -0.39 is 0 Å². The molecule has 1 aliphatic heterocycles. The molecule has 6 nitrogen and oxygen atoms in total. The summed E-state index contributed by atoms with van der Waals surface area (Å²) in [5.41, 5.74) is 3.58. The van der Waals surface area contributed by atoms with Crippen molar-refractivity contribution in [1.82, 2.24) is 20.0 Å². The average molecular weight is 327 g/mol. The Bertz CT molecular complexity index is 710. The Morgan fingerprint density at radius 2 is 2.08 bits per heavy atom. The lowest BCUT2D eigenvalue weighted by Gasteiger charge is -2.33. The van der Waals surface area contributed by atoms with Crippen LogP contribution < -0.4 is 10.6 Å². The van der Waals surface area contributed by atoms with Crippen LogP contribution in [0.3, 0.4) is 0 Å². The predicted molar refractivity (Wildman–Crippen MR) is 95.6 cm³/mol. The molecule has 0 aliphatic carbocycles. The maximum Gasteiger partial charge on any atom is 0.238 e. The van der Waals surface area contributed by atoms with Crippen molar-refractivity contribution in [3.05, 3.63) is 41.7 Å². The number of carbonyl (C=O) groups is 1. The summed E-state index contributed by atoms with van der Waals surface area (Å²) in [4.78, 5) is 14.7. The van der Waals surface area contributed by atoms with Crippen molar-refractivity contribution in [3.8, 4) is 5.69 Å². The van der Waals surface area contributed by atoms with Crippen LogP contribution in [0, 0.1) is 13.8 Å². The summed E-state index contributed by atoms with van der Waals surface area (Å²) >= 11 is 0. The highest BCUT2D eigenvalue weighted by molar-refractivity contribution is 5.93. The largest absolute Gasteiger partial charge is 0.322 e. The third kappa shape index (κ3) is 3.49. The first-order valence-corrected chi connectivity index (χ1v) is 8.42. The van der Waals surface area contributed by atoms with Gasteiger partial charge in [-0.2, -0.15) is 5.10 Å². The summed E-state index contributed by atoms with van der Waals surface area (Å²) in [5.74, 6) is 0.0163. The normalized spacial score (nSPS) is 18.5. The van der Waals surface area contributed by atoms with Crippen molar-refractivity contribution < 1.29 is 4.79 Å². The molecule has 2 heterocycles. The molecule has 1 aromatic carbocycles. The molecule has 1 fully saturated rings. The Balaban J connectivity index is 1.73. The summed E-state index contributed by atoms with van der Waals surface area (Å²) in [5, 5.41) is 11.0. The van der Waals surface area contributed by atoms with E-state index in [1.54, 1.807) is 0 Å². The fourth-order valence-corrected chi connectivity index (χ4v) is 3.13. The van der Waals surface area contributed by atoms with E-state index in [1.807, 2.05) is 48.9 Å². The molecule has 6 heteroatoms. The second-order valence-corrected chi connectivity index (χ2v) is 6.36. The van der Waals surface area contributed by atoms with Crippen LogP contribution in [0.15, 0.2) is 30.3 Å². The van der Waals surface area contributed by atoms with E-state index in [-0.39, 0.29) is 5.91 Å². The number of piperazine rings is 1. The Kier molecular flexibility index (Phi) is 4.97. The van der Waals surface area contributed by atoms with E-state index in [1.165, 1.54) is 0 Å². The van der Waals surface area contributed by atoms with Crippen LogP contribution in [0.1, 0.15) is 18.3 Å². The number of aryl methyl sites for hydroxylation is 1. The minimum absolute atomic E-state index is 0.0163. The van der Waals surface area contributed by atoms with Crippen molar-refractivity contribution in [1.29, 1.82) is 0 Å². The van der Waals surface area contributed by atoms with E-state index in [4.69, 9.17) is 0 Å². The first-order chi connectivity index (χ1) is 11.6. The van der Waals surface area contributed by atoms with Gasteiger partial charge in [0.15, 0.2) is 0 Å². The molecular formula is C18H25N5O. The summed E-state index contributed by atoms with van der Waals surface area (Å²) in [6.45, 7) is 9.22. The lowest BCUT2D eigenvalue weighted by atomic mass is 10.2. The topological polar surface area (TPSA) is 62.2 Å². The number of rotatable bonds is 4. The smallest absolute Gasteiger partial charge is 0.238 e. The van der Waals surface area contributed by atoms with E-state index in [0.29, 0.717) is 12.6 Å². The molecule has 0 unspecified atom stereocenters. The fourth-order valence-electron chi connectivity index (χ4n) is 3.13. The van der Waals surface area contributed by atoms with Crippen molar-refractivity contribution in [2.75, 3.05) is 31.5 Å². The number of nitrogens with zero attached hydrogens (tertiary/aromatic N) is 3. The molecule has 0 saturated carbocycles. The molecule has 0 bridgehead atoms. The van der Waals surface area contributed by atoms with Crippen LogP contribution >= 0.6 is 0 Å². The number of carbonyl (C=O) groups excluding carboxylic acids is 1. The Hall–Kier alpha value is -2.18. The molecule has 1 aliphatic rings. The molecule has 128 valence electrons. The van der Waals surface area contributed by atoms with Gasteiger partial charge in [-0.25, -0.2) is 4.68 Å². The van der Waals surface area contributed by atoms with Crippen LogP contribution in [0.2, 0.25) is 0 Å². The van der Waals surface area contributed by atoms with Gasteiger partial charge in [0.2, 0.25) is 5.91 Å². The zero-order valence-corrected chi connectivity index (χ0v) is 14.5. The summed E-state index contributed by atoms with van der Waals surface area (Å²) in [6, 6.07) is 10.3. The maximum absolute atomic E-state index is 12.5. The van der Waals surface area contributed by atoms with Crippen LogP contribution in [-0.2, 0) is 4.79 Å². The molecular weight excluding hydrogens is 302 g/mol. The van der Waals surface area contributed by atoms with Crippen LogP contribution in [0.25, 0.3) is 5.69 Å². The van der Waals surface area contributed by atoms with Crippen molar-refractivity contribution in [2.45, 2.75) is 26.8 Å². The highest BCUT2D eigenvalue weighted by Crippen LogP contribution is 2.22. The quantitative estimate of drug-likeness (QED) is 0.898. The van der Waals surface area contributed by atoms with Crippen LogP contribution in [-0.4, -0.2) is 52.8 Å². The molecule has 1 aromatic heterocycles. The van der Waals surface area contributed by atoms with Gasteiger partial charge in [-0.3, -0.25) is 9.69 Å². The van der Waals surface area contributed by atoms with Crippen LogP contribution in [0.4, 0.5) is 5.69 Å². The SMILES string of the molecule is Cc1nn(-c2ccccc2)c(C)c1NC(=O)CN1CCNC[C@@H]1C. The van der Waals surface area contributed by atoms with Gasteiger partial charge < -0.3 is 10.6 Å². The van der Waals surface area contributed by atoms with Gasteiger partial charge in [0, 0.05) is 25.7 Å². The average Bonchev–Trinajstić information content (AvgIpc) is 2.86. The van der Waals surface area contributed by atoms with Gasteiger partial charge in [0.1, 0.15) is 0 Å². The Labute approximate surface area is 142 Å². The number of nitrogens with one attached hydrogen (secondary N) is 2. The zero-order chi connectivity index (χ0) is 17.1. The van der Waals surface area contributed by atoms with E-state index >= 15 is 0 Å². The maximum atomic E-state index is 12.5. The molecule has 2 N–H and O–H groups in total. The van der Waals surface area contributed by atoms with Gasteiger partial charge in [0.05, 0.1) is 29.3 Å². The molecule has 1 saturated heterocycles. The van der Waals surface area contributed by atoms with E-state index in [0.717, 1.165) is 42.4 Å². The van der Waals surface area contributed by atoms with Gasteiger partial charge in [-0.1, -0.05) is 18.2 Å². The molecule has 2 aromatic rings. The second kappa shape index (κ2) is 7.15. The third-order valence-electron chi connectivity index (χ3n) is 4.54. The molecule has 0 radical (unpaired) electrons. The number of anilines is 1. The van der Waals surface area contributed by atoms with Gasteiger partial charge in [-0.15, -0.1) is 0 Å². The third-order valence-corrected chi connectivity index (χ3v) is 4.54. The zero-order valence-electron chi connectivity index (χ0n) is 14.5. The first-order valence-electron chi connectivity index (χ1n) is 8.42. The minimum Gasteiger partial charge on any atom is -0.322 e. The summed E-state index contributed by atoms with van der Waals surface area (Å²) in [6.07, 6.45) is 0. The summed E-state index contributed by atoms with van der Waals surface area (Å²) < 4.78 is 1.87. The second-order valence-electron chi connectivity index (χ2n) is 6.36. The van der Waals surface area contributed by atoms with Gasteiger partial charge >= 0.3 is 0 Å². The molecule has 1 amide bonds. The lowest BCUT2D eigenvalue weighted by molar-refractivity contribution is -0.118. The number of amides is 1. The van der Waals surface area contributed by atoms with Crippen molar-refractivity contribution in [2.24, 2.45) is 0 Å². The molecule has 1 atom stereocenters.